The molecule has 0 saturated heterocycles. The van der Waals surface area contributed by atoms with Crippen molar-refractivity contribution in [2.45, 2.75) is 37.0 Å². The van der Waals surface area contributed by atoms with Crippen molar-refractivity contribution in [3.63, 3.8) is 0 Å². The molecule has 0 fully saturated rings. The molecule has 1 aromatic rings. The van der Waals surface area contributed by atoms with Gasteiger partial charge in [-0.2, -0.15) is 0 Å². The number of hydrogen-bond donors (Lipinski definition) is 1. The molecule has 2 rings (SSSR count). The third-order valence-electron chi connectivity index (χ3n) is 3.71. The van der Waals surface area contributed by atoms with E-state index in [1.165, 1.54) is 4.90 Å². The van der Waals surface area contributed by atoms with Gasteiger partial charge in [0.15, 0.2) is 0 Å². The number of benzene rings is 1. The third kappa shape index (κ3) is 3.55. The van der Waals surface area contributed by atoms with Crippen molar-refractivity contribution in [1.82, 2.24) is 4.90 Å². The van der Waals surface area contributed by atoms with Crippen molar-refractivity contribution in [2.75, 3.05) is 25.4 Å². The lowest BCUT2D eigenvalue weighted by atomic mass is 9.99. The van der Waals surface area contributed by atoms with Crippen LogP contribution in [0.1, 0.15) is 37.7 Å². The van der Waals surface area contributed by atoms with Crippen LogP contribution in [0, 0.1) is 0 Å². The zero-order valence-electron chi connectivity index (χ0n) is 12.0. The second-order valence-corrected chi connectivity index (χ2v) is 6.22. The predicted molar refractivity (Wildman–Crippen MR) is 83.1 cm³/mol. The topological polar surface area (TPSA) is 40.5 Å². The van der Waals surface area contributed by atoms with E-state index in [2.05, 4.69) is 19.1 Å². The van der Waals surface area contributed by atoms with Gasteiger partial charge in [-0.3, -0.25) is 4.79 Å². The first-order valence-electron chi connectivity index (χ1n) is 7.39. The molecule has 1 aliphatic heterocycles. The number of carbonyl (C=O) groups is 1. The molecule has 1 aliphatic rings. The summed E-state index contributed by atoms with van der Waals surface area (Å²) in [4.78, 5) is 15.8. The molecule has 0 saturated carbocycles. The summed E-state index contributed by atoms with van der Waals surface area (Å²) >= 11 is 1.76. The van der Waals surface area contributed by atoms with Crippen LogP contribution in [-0.4, -0.2) is 41.4 Å². The van der Waals surface area contributed by atoms with E-state index in [0.29, 0.717) is 6.54 Å². The summed E-state index contributed by atoms with van der Waals surface area (Å²) in [6, 6.07) is 8.16. The molecule has 110 valence electrons. The number of nitrogens with zero attached hydrogens (tertiary/aromatic N) is 1. The highest BCUT2D eigenvalue weighted by Gasteiger charge is 2.31. The molecule has 1 aromatic carbocycles. The van der Waals surface area contributed by atoms with Crippen molar-refractivity contribution in [1.29, 1.82) is 0 Å². The SMILES string of the molecule is CCCCCN(CCO)C(=O)C1CSc2ccccc21. The summed E-state index contributed by atoms with van der Waals surface area (Å²) in [7, 11) is 0. The Labute approximate surface area is 125 Å². The van der Waals surface area contributed by atoms with E-state index in [4.69, 9.17) is 0 Å². The first-order valence-corrected chi connectivity index (χ1v) is 8.37. The number of aliphatic hydroxyl groups excluding tert-OH is 1. The molecule has 4 heteroatoms. The standard InChI is InChI=1S/C16H23NO2S/c1-2-3-6-9-17(10-11-18)16(19)14-12-20-15-8-5-4-7-13(14)15/h4-5,7-8,14,18H,2-3,6,9-12H2,1H3. The zero-order valence-corrected chi connectivity index (χ0v) is 12.9. The normalized spacial score (nSPS) is 17.0. The molecule has 20 heavy (non-hydrogen) atoms. The largest absolute Gasteiger partial charge is 0.395 e. The molecule has 0 aromatic heterocycles. The monoisotopic (exact) mass is 293 g/mol. The molecule has 0 bridgehead atoms. The molecule has 0 radical (unpaired) electrons. The van der Waals surface area contributed by atoms with Gasteiger partial charge in [0.1, 0.15) is 0 Å². The molecule has 1 amide bonds. The average molecular weight is 293 g/mol. The fourth-order valence-electron chi connectivity index (χ4n) is 2.59. The summed E-state index contributed by atoms with van der Waals surface area (Å²) in [5.74, 6) is 0.963. The van der Waals surface area contributed by atoms with Crippen LogP contribution in [-0.2, 0) is 4.79 Å². The second-order valence-electron chi connectivity index (χ2n) is 5.16. The highest BCUT2D eigenvalue weighted by Crippen LogP contribution is 2.40. The van der Waals surface area contributed by atoms with Crippen molar-refractivity contribution in [2.24, 2.45) is 0 Å². The highest BCUT2D eigenvalue weighted by molar-refractivity contribution is 7.99. The number of hydrogen-bond acceptors (Lipinski definition) is 3. The smallest absolute Gasteiger partial charge is 0.231 e. The quantitative estimate of drug-likeness (QED) is 0.786. The van der Waals surface area contributed by atoms with E-state index in [9.17, 15) is 9.90 Å². The van der Waals surface area contributed by atoms with Crippen molar-refractivity contribution in [3.05, 3.63) is 29.8 Å². The molecule has 1 heterocycles. The first-order chi connectivity index (χ1) is 9.77. The van der Waals surface area contributed by atoms with E-state index < -0.39 is 0 Å². The highest BCUT2D eigenvalue weighted by atomic mass is 32.2. The van der Waals surface area contributed by atoms with Gasteiger partial charge in [0.2, 0.25) is 5.91 Å². The van der Waals surface area contributed by atoms with Gasteiger partial charge in [-0.15, -0.1) is 11.8 Å². The third-order valence-corrected chi connectivity index (χ3v) is 4.89. The summed E-state index contributed by atoms with van der Waals surface area (Å²) in [5.41, 5.74) is 1.15. The second kappa shape index (κ2) is 7.70. The zero-order chi connectivity index (χ0) is 14.4. The van der Waals surface area contributed by atoms with Crippen LogP contribution in [0.2, 0.25) is 0 Å². The van der Waals surface area contributed by atoms with Crippen LogP contribution in [0.4, 0.5) is 0 Å². The maximum absolute atomic E-state index is 12.7. The Kier molecular flexibility index (Phi) is 5.92. The molecule has 1 unspecified atom stereocenters. The Morgan fingerprint density at radius 2 is 2.15 bits per heavy atom. The molecule has 3 nitrogen and oxygen atoms in total. The van der Waals surface area contributed by atoms with Gasteiger partial charge in [0.05, 0.1) is 12.5 Å². The predicted octanol–water partition coefficient (Wildman–Crippen LogP) is 2.89. The molecule has 0 spiro atoms. The summed E-state index contributed by atoms with van der Waals surface area (Å²) in [6.07, 6.45) is 3.29. The van der Waals surface area contributed by atoms with E-state index in [-0.39, 0.29) is 18.4 Å². The molecular formula is C16H23NO2S. The molecule has 0 aliphatic carbocycles. The van der Waals surface area contributed by atoms with Crippen LogP contribution in [0.5, 0.6) is 0 Å². The van der Waals surface area contributed by atoms with Crippen LogP contribution in [0.15, 0.2) is 29.2 Å². The van der Waals surface area contributed by atoms with Gasteiger partial charge in [0.25, 0.3) is 0 Å². The maximum Gasteiger partial charge on any atom is 0.231 e. The van der Waals surface area contributed by atoms with Crippen LogP contribution < -0.4 is 0 Å². The van der Waals surface area contributed by atoms with Gasteiger partial charge in [-0.25, -0.2) is 0 Å². The number of amides is 1. The minimum atomic E-state index is -0.0376. The van der Waals surface area contributed by atoms with Gasteiger partial charge in [0, 0.05) is 23.7 Å². The Balaban J connectivity index is 2.04. The van der Waals surface area contributed by atoms with Crippen LogP contribution >= 0.6 is 11.8 Å². The minimum Gasteiger partial charge on any atom is -0.395 e. The Bertz CT molecular complexity index is 450. The Morgan fingerprint density at radius 3 is 2.90 bits per heavy atom. The van der Waals surface area contributed by atoms with E-state index in [1.807, 2.05) is 17.0 Å². The number of thioether (sulfide) groups is 1. The van der Waals surface area contributed by atoms with Gasteiger partial charge >= 0.3 is 0 Å². The summed E-state index contributed by atoms with van der Waals surface area (Å²) < 4.78 is 0. The number of rotatable bonds is 7. The lowest BCUT2D eigenvalue weighted by molar-refractivity contribution is -0.132. The van der Waals surface area contributed by atoms with Gasteiger partial charge in [-0.1, -0.05) is 38.0 Å². The molecule has 1 N–H and O–H groups in total. The van der Waals surface area contributed by atoms with E-state index in [1.54, 1.807) is 11.8 Å². The summed E-state index contributed by atoms with van der Waals surface area (Å²) in [5, 5.41) is 9.18. The fraction of sp³-hybridized carbons (Fsp3) is 0.562. The number of carbonyl (C=O) groups excluding carboxylic acids is 1. The Hall–Kier alpha value is -1.00. The number of aliphatic hydroxyl groups is 1. The average Bonchev–Trinajstić information content (AvgIpc) is 2.90. The molecule has 1 atom stereocenters. The van der Waals surface area contributed by atoms with Gasteiger partial charge in [-0.05, 0) is 18.1 Å². The lowest BCUT2D eigenvalue weighted by Gasteiger charge is -2.25. The van der Waals surface area contributed by atoms with Crippen molar-refractivity contribution in [3.8, 4) is 0 Å². The number of unbranched alkanes of at least 4 members (excludes halogenated alkanes) is 2. The first kappa shape index (κ1) is 15.4. The fourth-order valence-corrected chi connectivity index (χ4v) is 3.81. The van der Waals surface area contributed by atoms with Crippen molar-refractivity contribution < 1.29 is 9.90 Å². The Morgan fingerprint density at radius 1 is 1.35 bits per heavy atom. The molecular weight excluding hydrogens is 270 g/mol. The van der Waals surface area contributed by atoms with Crippen LogP contribution in [0.25, 0.3) is 0 Å². The maximum atomic E-state index is 12.7. The number of fused-ring (bicyclic) bond motifs is 1. The van der Waals surface area contributed by atoms with E-state index in [0.717, 1.165) is 37.1 Å². The lowest BCUT2D eigenvalue weighted by Crippen LogP contribution is -2.38. The van der Waals surface area contributed by atoms with Crippen LogP contribution in [0.3, 0.4) is 0 Å². The van der Waals surface area contributed by atoms with Crippen molar-refractivity contribution >= 4 is 17.7 Å². The van der Waals surface area contributed by atoms with Gasteiger partial charge < -0.3 is 10.0 Å². The minimum absolute atomic E-state index is 0.0376. The van der Waals surface area contributed by atoms with E-state index >= 15 is 0 Å². The summed E-state index contributed by atoms with van der Waals surface area (Å²) in [6.45, 7) is 3.41.